The van der Waals surface area contributed by atoms with Gasteiger partial charge in [0.05, 0.1) is 0 Å². The summed E-state index contributed by atoms with van der Waals surface area (Å²) in [6.45, 7) is 2.73. The summed E-state index contributed by atoms with van der Waals surface area (Å²) in [6.07, 6.45) is 2.91. The van der Waals surface area contributed by atoms with Crippen LogP contribution >= 0.6 is 11.8 Å². The average Bonchev–Trinajstić information content (AvgIpc) is 2.18. The second kappa shape index (κ2) is 5.37. The molecule has 0 aliphatic carbocycles. The van der Waals surface area contributed by atoms with Gasteiger partial charge in [-0.2, -0.15) is 0 Å². The smallest absolute Gasteiger partial charge is 0.123 e. The van der Waals surface area contributed by atoms with Gasteiger partial charge in [-0.1, -0.05) is 6.92 Å². The third kappa shape index (κ3) is 2.72. The van der Waals surface area contributed by atoms with Gasteiger partial charge in [0, 0.05) is 4.90 Å². The minimum atomic E-state index is -0.165. The minimum Gasteiger partial charge on any atom is -0.330 e. The van der Waals surface area contributed by atoms with Crippen molar-refractivity contribution < 1.29 is 4.39 Å². The van der Waals surface area contributed by atoms with Gasteiger partial charge >= 0.3 is 0 Å². The monoisotopic (exact) mass is 213 g/mol. The Bertz CT molecular complexity index is 301. The van der Waals surface area contributed by atoms with Crippen molar-refractivity contribution in [2.45, 2.75) is 24.2 Å². The molecule has 1 unspecified atom stereocenters. The molecule has 2 N–H and O–H groups in total. The van der Waals surface area contributed by atoms with Crippen LogP contribution in [-0.4, -0.2) is 12.8 Å². The van der Waals surface area contributed by atoms with E-state index in [-0.39, 0.29) is 5.82 Å². The van der Waals surface area contributed by atoms with E-state index in [0.29, 0.717) is 12.5 Å². The van der Waals surface area contributed by atoms with Gasteiger partial charge in [0.25, 0.3) is 0 Å². The van der Waals surface area contributed by atoms with Gasteiger partial charge < -0.3 is 5.73 Å². The largest absolute Gasteiger partial charge is 0.330 e. The van der Waals surface area contributed by atoms with Crippen molar-refractivity contribution in [3.05, 3.63) is 29.6 Å². The third-order valence-corrected chi connectivity index (χ3v) is 3.13. The van der Waals surface area contributed by atoms with E-state index >= 15 is 0 Å². The number of halogens is 1. The summed E-state index contributed by atoms with van der Waals surface area (Å²) in [4.78, 5) is 1.15. The number of nitrogens with two attached hydrogens (primary N) is 1. The van der Waals surface area contributed by atoms with Crippen LogP contribution in [0.5, 0.6) is 0 Å². The van der Waals surface area contributed by atoms with Crippen LogP contribution in [0, 0.1) is 5.82 Å². The van der Waals surface area contributed by atoms with E-state index in [2.05, 4.69) is 6.92 Å². The maximum atomic E-state index is 13.0. The van der Waals surface area contributed by atoms with Gasteiger partial charge in [0.15, 0.2) is 0 Å². The summed E-state index contributed by atoms with van der Waals surface area (Å²) < 4.78 is 13.0. The molecule has 0 aliphatic rings. The Hall–Kier alpha value is -0.540. The molecule has 14 heavy (non-hydrogen) atoms. The predicted molar refractivity (Wildman–Crippen MR) is 60.3 cm³/mol. The van der Waals surface area contributed by atoms with Crippen molar-refractivity contribution >= 4 is 11.8 Å². The van der Waals surface area contributed by atoms with Crippen LogP contribution in [-0.2, 0) is 0 Å². The zero-order valence-electron chi connectivity index (χ0n) is 8.59. The molecule has 1 rings (SSSR count). The van der Waals surface area contributed by atoms with Crippen LogP contribution in [0.3, 0.4) is 0 Å². The number of hydrogen-bond donors (Lipinski definition) is 1. The molecular formula is C11H16FNS. The number of hydrogen-bond acceptors (Lipinski definition) is 2. The molecule has 1 aromatic rings. The Morgan fingerprint density at radius 1 is 1.50 bits per heavy atom. The molecular weight excluding hydrogens is 197 g/mol. The Balaban J connectivity index is 2.97. The van der Waals surface area contributed by atoms with Crippen molar-refractivity contribution in [2.24, 2.45) is 5.73 Å². The fourth-order valence-corrected chi connectivity index (χ4v) is 2.20. The molecule has 0 saturated heterocycles. The van der Waals surface area contributed by atoms with E-state index in [4.69, 9.17) is 5.73 Å². The summed E-state index contributed by atoms with van der Waals surface area (Å²) in [5, 5.41) is 0. The molecule has 1 atom stereocenters. The molecule has 0 aromatic heterocycles. The Morgan fingerprint density at radius 2 is 2.21 bits per heavy atom. The SMILES string of the molecule is CSc1ccc(F)cc1C(C)CCN. The van der Waals surface area contributed by atoms with Gasteiger partial charge in [0.1, 0.15) is 5.82 Å². The average molecular weight is 213 g/mol. The summed E-state index contributed by atoms with van der Waals surface area (Å²) >= 11 is 1.65. The lowest BCUT2D eigenvalue weighted by atomic mass is 9.98. The highest BCUT2D eigenvalue weighted by molar-refractivity contribution is 7.98. The molecule has 1 aromatic carbocycles. The zero-order chi connectivity index (χ0) is 10.6. The van der Waals surface area contributed by atoms with Crippen LogP contribution in [0.4, 0.5) is 4.39 Å². The normalized spacial score (nSPS) is 12.9. The zero-order valence-corrected chi connectivity index (χ0v) is 9.40. The summed E-state index contributed by atoms with van der Waals surface area (Å²) in [6, 6.07) is 4.96. The molecule has 0 amide bonds. The standard InChI is InChI=1S/C11H16FNS/c1-8(5-6-13)10-7-9(12)3-4-11(10)14-2/h3-4,7-8H,5-6,13H2,1-2H3. The van der Waals surface area contributed by atoms with Gasteiger partial charge in [-0.05, 0) is 48.9 Å². The quantitative estimate of drug-likeness (QED) is 0.778. The van der Waals surface area contributed by atoms with Crippen molar-refractivity contribution in [1.29, 1.82) is 0 Å². The lowest BCUT2D eigenvalue weighted by Gasteiger charge is -2.14. The molecule has 3 heteroatoms. The van der Waals surface area contributed by atoms with Crippen LogP contribution in [0.25, 0.3) is 0 Å². The van der Waals surface area contributed by atoms with Crippen LogP contribution < -0.4 is 5.73 Å². The van der Waals surface area contributed by atoms with E-state index in [1.807, 2.05) is 12.3 Å². The van der Waals surface area contributed by atoms with Crippen LogP contribution in [0.1, 0.15) is 24.8 Å². The molecule has 0 heterocycles. The minimum absolute atomic E-state index is 0.165. The Kier molecular flexibility index (Phi) is 4.42. The molecule has 0 aliphatic heterocycles. The van der Waals surface area contributed by atoms with Crippen LogP contribution in [0.15, 0.2) is 23.1 Å². The Labute approximate surface area is 88.9 Å². The molecule has 1 nitrogen and oxygen atoms in total. The first-order chi connectivity index (χ1) is 6.69. The Morgan fingerprint density at radius 3 is 2.79 bits per heavy atom. The third-order valence-electron chi connectivity index (χ3n) is 2.32. The van der Waals surface area contributed by atoms with E-state index in [9.17, 15) is 4.39 Å². The summed E-state index contributed by atoms with van der Waals surface area (Å²) in [7, 11) is 0. The van der Waals surface area contributed by atoms with Crippen molar-refractivity contribution in [3.63, 3.8) is 0 Å². The fourth-order valence-electron chi connectivity index (χ4n) is 1.50. The highest BCUT2D eigenvalue weighted by Gasteiger charge is 2.10. The van der Waals surface area contributed by atoms with Gasteiger partial charge in [-0.25, -0.2) is 4.39 Å². The fraction of sp³-hybridized carbons (Fsp3) is 0.455. The summed E-state index contributed by atoms with van der Waals surface area (Å²) in [5.74, 6) is 0.167. The van der Waals surface area contributed by atoms with E-state index < -0.39 is 0 Å². The van der Waals surface area contributed by atoms with Gasteiger partial charge in [0.2, 0.25) is 0 Å². The number of thioether (sulfide) groups is 1. The highest BCUT2D eigenvalue weighted by Crippen LogP contribution is 2.29. The second-order valence-electron chi connectivity index (χ2n) is 3.36. The van der Waals surface area contributed by atoms with E-state index in [1.165, 1.54) is 6.07 Å². The first-order valence-electron chi connectivity index (χ1n) is 4.72. The van der Waals surface area contributed by atoms with Gasteiger partial charge in [-0.3, -0.25) is 0 Å². The predicted octanol–water partition coefficient (Wildman–Crippen LogP) is 3.00. The van der Waals surface area contributed by atoms with Gasteiger partial charge in [-0.15, -0.1) is 11.8 Å². The van der Waals surface area contributed by atoms with Crippen molar-refractivity contribution in [3.8, 4) is 0 Å². The molecule has 78 valence electrons. The maximum absolute atomic E-state index is 13.0. The molecule has 0 saturated carbocycles. The number of rotatable bonds is 4. The highest BCUT2D eigenvalue weighted by atomic mass is 32.2. The van der Waals surface area contributed by atoms with E-state index in [1.54, 1.807) is 17.8 Å². The molecule has 0 fully saturated rings. The van der Waals surface area contributed by atoms with E-state index in [0.717, 1.165) is 16.9 Å². The molecule has 0 bridgehead atoms. The van der Waals surface area contributed by atoms with Crippen molar-refractivity contribution in [1.82, 2.24) is 0 Å². The summed E-state index contributed by atoms with van der Waals surface area (Å²) in [5.41, 5.74) is 6.57. The molecule has 0 radical (unpaired) electrons. The second-order valence-corrected chi connectivity index (χ2v) is 4.21. The first kappa shape index (κ1) is 11.5. The topological polar surface area (TPSA) is 26.0 Å². The lowest BCUT2D eigenvalue weighted by Crippen LogP contribution is -2.05. The first-order valence-corrected chi connectivity index (χ1v) is 5.95. The lowest BCUT2D eigenvalue weighted by molar-refractivity contribution is 0.612. The van der Waals surface area contributed by atoms with Crippen molar-refractivity contribution in [2.75, 3.05) is 12.8 Å². The number of benzene rings is 1. The molecule has 0 spiro atoms. The maximum Gasteiger partial charge on any atom is 0.123 e. The van der Waals surface area contributed by atoms with Crippen LogP contribution in [0.2, 0.25) is 0 Å².